The van der Waals surface area contributed by atoms with Gasteiger partial charge in [-0.05, 0) is 49.4 Å². The Kier molecular flexibility index (Phi) is 68.7. The summed E-state index contributed by atoms with van der Waals surface area (Å²) in [6.45, 7) is 14.2. The number of aliphatic hydroxyl groups excluding tert-OH is 1. The van der Waals surface area contributed by atoms with Gasteiger partial charge >= 0.3 is 39.5 Å². The van der Waals surface area contributed by atoms with Gasteiger partial charge in [-0.15, -0.1) is 0 Å². The number of hydrogen-bond donors (Lipinski definition) is 3. The Bertz CT molecular complexity index is 1950. The lowest BCUT2D eigenvalue weighted by Crippen LogP contribution is -2.30. The van der Waals surface area contributed by atoms with Crippen molar-refractivity contribution in [3.05, 3.63) is 0 Å². The maximum atomic E-state index is 13.1. The van der Waals surface area contributed by atoms with E-state index in [9.17, 15) is 43.2 Å². The van der Waals surface area contributed by atoms with Crippen molar-refractivity contribution in [2.75, 3.05) is 39.6 Å². The van der Waals surface area contributed by atoms with E-state index >= 15 is 0 Å². The molecule has 5 atom stereocenters. The molecule has 0 radical (unpaired) electrons. The maximum absolute atomic E-state index is 13.1. The van der Waals surface area contributed by atoms with E-state index < -0.39 is 97.5 Å². The Morgan fingerprint density at radius 2 is 0.420 bits per heavy atom. The van der Waals surface area contributed by atoms with Gasteiger partial charge in [-0.25, -0.2) is 9.13 Å². The number of carbonyl (C=O) groups is 4. The van der Waals surface area contributed by atoms with E-state index in [2.05, 4.69) is 55.4 Å². The molecular weight excluding hydrogens is 1310 g/mol. The highest BCUT2D eigenvalue weighted by Crippen LogP contribution is 2.45. The second-order valence-electron chi connectivity index (χ2n) is 31.1. The monoisotopic (exact) mass is 1470 g/mol. The van der Waals surface area contributed by atoms with Gasteiger partial charge in [0.2, 0.25) is 0 Å². The molecule has 0 spiro atoms. The van der Waals surface area contributed by atoms with Crippen LogP contribution in [0.5, 0.6) is 0 Å². The molecule has 17 nitrogen and oxygen atoms in total. The maximum Gasteiger partial charge on any atom is 0.472 e. The lowest BCUT2D eigenvalue weighted by atomic mass is 10.0. The highest BCUT2D eigenvalue weighted by Gasteiger charge is 2.30. The summed E-state index contributed by atoms with van der Waals surface area (Å²) in [6.07, 6.45) is 57.1. The summed E-state index contributed by atoms with van der Waals surface area (Å²) in [7, 11) is -9.92. The second-order valence-corrected chi connectivity index (χ2v) is 34.0. The lowest BCUT2D eigenvalue weighted by molar-refractivity contribution is -0.161. The molecule has 3 N–H and O–H groups in total. The summed E-state index contributed by atoms with van der Waals surface area (Å²) in [5.41, 5.74) is 0. The molecule has 100 heavy (non-hydrogen) atoms. The first-order valence-electron chi connectivity index (χ1n) is 41.7. The van der Waals surface area contributed by atoms with Gasteiger partial charge in [0.25, 0.3) is 0 Å². The van der Waals surface area contributed by atoms with Crippen LogP contribution >= 0.6 is 15.6 Å². The molecule has 0 saturated carbocycles. The fourth-order valence-electron chi connectivity index (χ4n) is 12.4. The number of hydrogen-bond acceptors (Lipinski definition) is 15. The highest BCUT2D eigenvalue weighted by molar-refractivity contribution is 7.47. The Hall–Kier alpha value is -1.94. The zero-order valence-electron chi connectivity index (χ0n) is 65.8. The second kappa shape index (κ2) is 70.1. The van der Waals surface area contributed by atoms with E-state index in [1.807, 2.05) is 0 Å². The van der Waals surface area contributed by atoms with Crippen molar-refractivity contribution in [3.8, 4) is 0 Å². The van der Waals surface area contributed by atoms with Crippen molar-refractivity contribution in [1.29, 1.82) is 0 Å². The molecule has 0 amide bonds. The summed E-state index contributed by atoms with van der Waals surface area (Å²) in [5.74, 6) is 0.944. The third-order valence-corrected chi connectivity index (χ3v) is 20.7. The van der Waals surface area contributed by atoms with E-state index in [4.69, 9.17) is 37.0 Å². The molecule has 0 bridgehead atoms. The number of phosphoric ester groups is 2. The van der Waals surface area contributed by atoms with Gasteiger partial charge in [0, 0.05) is 25.7 Å². The molecule has 3 unspecified atom stereocenters. The Labute approximate surface area is 613 Å². The van der Waals surface area contributed by atoms with Crippen LogP contribution in [-0.2, 0) is 65.4 Å². The molecule has 0 saturated heterocycles. The first-order valence-corrected chi connectivity index (χ1v) is 44.7. The van der Waals surface area contributed by atoms with Gasteiger partial charge in [-0.1, -0.05) is 364 Å². The van der Waals surface area contributed by atoms with E-state index in [1.165, 1.54) is 212 Å². The van der Waals surface area contributed by atoms with E-state index in [0.717, 1.165) is 114 Å². The number of ether oxygens (including phenoxy) is 4. The molecule has 0 aromatic carbocycles. The minimum atomic E-state index is -4.96. The van der Waals surface area contributed by atoms with Crippen LogP contribution in [0, 0.1) is 23.7 Å². The zero-order chi connectivity index (χ0) is 73.8. The molecule has 0 rings (SSSR count). The average molecular weight is 1470 g/mol. The number of phosphoric acid groups is 2. The molecule has 0 aliphatic carbocycles. The number of carbonyl (C=O) groups excluding carboxylic acids is 4. The van der Waals surface area contributed by atoms with Crippen LogP contribution in [0.15, 0.2) is 0 Å². The number of esters is 4. The fraction of sp³-hybridized carbons (Fsp3) is 0.951. The molecule has 0 aromatic rings. The van der Waals surface area contributed by atoms with Crippen LogP contribution in [0.2, 0.25) is 0 Å². The van der Waals surface area contributed by atoms with E-state index in [0.29, 0.717) is 31.6 Å². The fourth-order valence-corrected chi connectivity index (χ4v) is 14.0. The molecule has 0 fully saturated rings. The summed E-state index contributed by atoms with van der Waals surface area (Å²) >= 11 is 0. The number of rotatable bonds is 78. The van der Waals surface area contributed by atoms with Gasteiger partial charge < -0.3 is 33.8 Å². The number of aliphatic hydroxyl groups is 1. The van der Waals surface area contributed by atoms with Crippen molar-refractivity contribution in [2.24, 2.45) is 23.7 Å². The molecule has 0 aromatic heterocycles. The standard InChI is InChI=1S/C81H158O17P2/c1-71(2)57-49-41-33-27-21-16-12-9-10-14-18-24-30-36-45-53-61-78(83)91-67-76(97-81(86)64-56-48-38-32-26-20-23-29-35-43-51-59-73(5)6)69-95-99(87,88)93-65-75(82)66-94-100(89,90)96-70-77(68-92-79(84)62-54-46-40-39-44-52-60-74(7)8)98-80(85)63-55-47-37-31-25-19-15-11-13-17-22-28-34-42-50-58-72(3)4/h71-77,82H,9-70H2,1-8H3,(H,87,88)(H,89,90)/t75?,76-,77-/m1/s1. The van der Waals surface area contributed by atoms with Gasteiger partial charge in [-0.3, -0.25) is 37.3 Å². The molecule has 19 heteroatoms. The summed E-state index contributed by atoms with van der Waals surface area (Å²) < 4.78 is 68.7. The smallest absolute Gasteiger partial charge is 0.462 e. The average Bonchev–Trinajstić information content (AvgIpc) is 0.936. The largest absolute Gasteiger partial charge is 0.472 e. The van der Waals surface area contributed by atoms with Crippen molar-refractivity contribution in [1.82, 2.24) is 0 Å². The van der Waals surface area contributed by atoms with Gasteiger partial charge in [0.1, 0.15) is 19.3 Å². The Balaban J connectivity index is 5.20. The highest BCUT2D eigenvalue weighted by atomic mass is 31.2. The van der Waals surface area contributed by atoms with Crippen molar-refractivity contribution in [3.63, 3.8) is 0 Å². The molecular formula is C81H158O17P2. The van der Waals surface area contributed by atoms with Crippen LogP contribution in [0.25, 0.3) is 0 Å². The zero-order valence-corrected chi connectivity index (χ0v) is 67.6. The predicted octanol–water partition coefficient (Wildman–Crippen LogP) is 24.0. The van der Waals surface area contributed by atoms with Crippen LogP contribution < -0.4 is 0 Å². The Morgan fingerprint density at radius 1 is 0.250 bits per heavy atom. The molecule has 0 heterocycles. The lowest BCUT2D eigenvalue weighted by Gasteiger charge is -2.21. The molecule has 0 aliphatic rings. The predicted molar refractivity (Wildman–Crippen MR) is 409 cm³/mol. The van der Waals surface area contributed by atoms with Crippen LogP contribution in [0.4, 0.5) is 0 Å². The molecule has 594 valence electrons. The third-order valence-electron chi connectivity index (χ3n) is 18.8. The van der Waals surface area contributed by atoms with Gasteiger partial charge in [0.05, 0.1) is 26.4 Å². The minimum Gasteiger partial charge on any atom is -0.462 e. The number of unbranched alkanes of at least 4 members (excludes halogenated alkanes) is 44. The van der Waals surface area contributed by atoms with E-state index in [-0.39, 0.29) is 25.7 Å². The quantitative estimate of drug-likeness (QED) is 0.0222. The first-order chi connectivity index (χ1) is 48.1. The summed E-state index contributed by atoms with van der Waals surface area (Å²) in [5, 5.41) is 10.6. The van der Waals surface area contributed by atoms with Crippen molar-refractivity contribution >= 4 is 39.5 Å². The van der Waals surface area contributed by atoms with Gasteiger partial charge in [0.15, 0.2) is 12.2 Å². The molecule has 0 aliphatic heterocycles. The van der Waals surface area contributed by atoms with Crippen molar-refractivity contribution in [2.45, 2.75) is 433 Å². The summed E-state index contributed by atoms with van der Waals surface area (Å²) in [4.78, 5) is 73.0. The van der Waals surface area contributed by atoms with E-state index in [1.54, 1.807) is 0 Å². The van der Waals surface area contributed by atoms with Crippen LogP contribution in [0.3, 0.4) is 0 Å². The topological polar surface area (TPSA) is 237 Å². The third kappa shape index (κ3) is 74.3. The van der Waals surface area contributed by atoms with Gasteiger partial charge in [-0.2, -0.15) is 0 Å². The summed E-state index contributed by atoms with van der Waals surface area (Å²) in [6, 6.07) is 0. The SMILES string of the molecule is CC(C)CCCCCCCCCCCCCCCCCCC(=O)OC[C@H](COP(=O)(O)OCC(O)COP(=O)(O)OC[C@@H](COC(=O)CCCCCCCCC(C)C)OC(=O)CCCCCCCCCCCCCCCCCC(C)C)OC(=O)CCCCCCCCCCCCCC(C)C. The van der Waals surface area contributed by atoms with Crippen LogP contribution in [-0.4, -0.2) is 96.7 Å². The normalized spacial score (nSPS) is 14.0. The minimum absolute atomic E-state index is 0.106. The van der Waals surface area contributed by atoms with Crippen molar-refractivity contribution < 1.29 is 80.2 Å². The first kappa shape index (κ1) is 98.1. The van der Waals surface area contributed by atoms with Crippen LogP contribution in [0.1, 0.15) is 415 Å². The Morgan fingerprint density at radius 3 is 0.620 bits per heavy atom.